The quantitative estimate of drug-likeness (QED) is 0.909. The summed E-state index contributed by atoms with van der Waals surface area (Å²) in [6, 6.07) is 5.40. The zero-order chi connectivity index (χ0) is 12.4. The second kappa shape index (κ2) is 5.59. The van der Waals surface area contributed by atoms with Crippen LogP contribution in [0.15, 0.2) is 23.1 Å². The predicted molar refractivity (Wildman–Crippen MR) is 71.5 cm³/mol. The third kappa shape index (κ3) is 2.71. The van der Waals surface area contributed by atoms with Crippen LogP contribution in [0.4, 0.5) is 4.39 Å². The smallest absolute Gasteiger partial charge is 0.123 e. The maximum Gasteiger partial charge on any atom is 0.123 e. The van der Waals surface area contributed by atoms with Gasteiger partial charge in [-0.15, -0.1) is 11.8 Å². The average Bonchev–Trinajstić information content (AvgIpc) is 2.89. The fourth-order valence-electron chi connectivity index (χ4n) is 2.66. The lowest BCUT2D eigenvalue weighted by Crippen LogP contribution is -2.31. The van der Waals surface area contributed by atoms with Gasteiger partial charge in [0.1, 0.15) is 5.82 Å². The average molecular weight is 267 g/mol. The minimum atomic E-state index is -0.139. The lowest BCUT2D eigenvalue weighted by molar-refractivity contribution is 0.107. The summed E-state index contributed by atoms with van der Waals surface area (Å²) >= 11 is 1.82. The summed E-state index contributed by atoms with van der Waals surface area (Å²) in [6.45, 7) is 1.77. The van der Waals surface area contributed by atoms with Gasteiger partial charge in [0.25, 0.3) is 0 Å². The third-order valence-corrected chi connectivity index (χ3v) is 4.75. The number of hydrogen-bond donors (Lipinski definition) is 1. The van der Waals surface area contributed by atoms with E-state index in [9.17, 15) is 4.39 Å². The van der Waals surface area contributed by atoms with Gasteiger partial charge < -0.3 is 10.1 Å². The number of benzene rings is 1. The van der Waals surface area contributed by atoms with Gasteiger partial charge in [-0.2, -0.15) is 0 Å². The summed E-state index contributed by atoms with van der Waals surface area (Å²) in [5, 5.41) is 3.54. The van der Waals surface area contributed by atoms with E-state index in [1.807, 2.05) is 17.8 Å². The van der Waals surface area contributed by atoms with Crippen LogP contribution < -0.4 is 5.32 Å². The van der Waals surface area contributed by atoms with Crippen LogP contribution in [-0.2, 0) is 4.74 Å². The largest absolute Gasteiger partial charge is 0.377 e. The molecule has 0 radical (unpaired) electrons. The first kappa shape index (κ1) is 12.5. The van der Waals surface area contributed by atoms with E-state index in [1.54, 1.807) is 12.1 Å². The number of halogens is 1. The number of hydrogen-bond acceptors (Lipinski definition) is 3. The summed E-state index contributed by atoms with van der Waals surface area (Å²) in [7, 11) is 0. The Morgan fingerprint density at radius 3 is 3.17 bits per heavy atom. The molecule has 1 fully saturated rings. The molecule has 4 heteroatoms. The molecule has 1 N–H and O–H groups in total. The molecular weight excluding hydrogens is 249 g/mol. The van der Waals surface area contributed by atoms with Gasteiger partial charge in [-0.3, -0.25) is 0 Å². The second-order valence-corrected chi connectivity index (χ2v) is 6.05. The van der Waals surface area contributed by atoms with Gasteiger partial charge >= 0.3 is 0 Å². The van der Waals surface area contributed by atoms with Gasteiger partial charge in [0.2, 0.25) is 0 Å². The van der Waals surface area contributed by atoms with Crippen molar-refractivity contribution in [1.29, 1.82) is 0 Å². The SMILES string of the molecule is Fc1ccc2c(c1)C(NCC1CCCO1)CCS2. The molecule has 1 aromatic rings. The highest BCUT2D eigenvalue weighted by molar-refractivity contribution is 7.99. The van der Waals surface area contributed by atoms with Crippen LogP contribution in [0.1, 0.15) is 30.9 Å². The van der Waals surface area contributed by atoms with E-state index >= 15 is 0 Å². The van der Waals surface area contributed by atoms with Crippen molar-refractivity contribution in [2.24, 2.45) is 0 Å². The Morgan fingerprint density at radius 1 is 1.39 bits per heavy atom. The van der Waals surface area contributed by atoms with Crippen molar-refractivity contribution < 1.29 is 9.13 Å². The first-order valence-electron chi connectivity index (χ1n) is 6.60. The van der Waals surface area contributed by atoms with Crippen LogP contribution in [0.5, 0.6) is 0 Å². The van der Waals surface area contributed by atoms with Crippen LogP contribution in [0.3, 0.4) is 0 Å². The molecule has 2 aliphatic rings. The Labute approximate surface area is 111 Å². The monoisotopic (exact) mass is 267 g/mol. The Bertz CT molecular complexity index is 420. The molecule has 2 nitrogen and oxygen atoms in total. The summed E-state index contributed by atoms with van der Waals surface area (Å²) in [6.07, 6.45) is 3.72. The van der Waals surface area contributed by atoms with E-state index in [2.05, 4.69) is 5.32 Å². The van der Waals surface area contributed by atoms with Gasteiger partial charge in [0.05, 0.1) is 6.10 Å². The molecule has 2 unspecified atom stereocenters. The van der Waals surface area contributed by atoms with Gasteiger partial charge in [0, 0.05) is 24.1 Å². The normalized spacial score (nSPS) is 27.2. The highest BCUT2D eigenvalue weighted by Crippen LogP contribution is 2.36. The van der Waals surface area contributed by atoms with E-state index in [1.165, 1.54) is 4.90 Å². The fourth-order valence-corrected chi connectivity index (χ4v) is 3.76. The van der Waals surface area contributed by atoms with Crippen molar-refractivity contribution in [3.05, 3.63) is 29.6 Å². The number of fused-ring (bicyclic) bond motifs is 1. The van der Waals surface area contributed by atoms with E-state index in [-0.39, 0.29) is 11.9 Å². The molecule has 0 saturated carbocycles. The molecule has 3 rings (SSSR count). The van der Waals surface area contributed by atoms with Crippen molar-refractivity contribution >= 4 is 11.8 Å². The van der Waals surface area contributed by atoms with Crippen molar-refractivity contribution in [3.63, 3.8) is 0 Å². The zero-order valence-corrected chi connectivity index (χ0v) is 11.1. The number of nitrogens with one attached hydrogen (secondary N) is 1. The minimum Gasteiger partial charge on any atom is -0.377 e. The summed E-state index contributed by atoms with van der Waals surface area (Å²) in [4.78, 5) is 1.22. The predicted octanol–water partition coefficient (Wildman–Crippen LogP) is 3.13. The fraction of sp³-hybridized carbons (Fsp3) is 0.571. The number of thioether (sulfide) groups is 1. The van der Waals surface area contributed by atoms with Crippen molar-refractivity contribution in [1.82, 2.24) is 5.32 Å². The highest BCUT2D eigenvalue weighted by Gasteiger charge is 2.23. The summed E-state index contributed by atoms with van der Waals surface area (Å²) in [5.74, 6) is 0.960. The Hall–Kier alpha value is -0.580. The molecule has 1 saturated heterocycles. The van der Waals surface area contributed by atoms with Crippen LogP contribution in [0, 0.1) is 5.82 Å². The first-order chi connectivity index (χ1) is 8.83. The molecule has 0 spiro atoms. The summed E-state index contributed by atoms with van der Waals surface area (Å²) in [5.41, 5.74) is 1.12. The molecule has 0 aliphatic carbocycles. The van der Waals surface area contributed by atoms with Gasteiger partial charge in [-0.25, -0.2) is 4.39 Å². The molecule has 18 heavy (non-hydrogen) atoms. The van der Waals surface area contributed by atoms with Crippen LogP contribution >= 0.6 is 11.8 Å². The standard InChI is InChI=1S/C14H18FNOS/c15-10-3-4-14-12(8-10)13(5-7-18-14)16-9-11-2-1-6-17-11/h3-4,8,11,13,16H,1-2,5-7,9H2. The van der Waals surface area contributed by atoms with Gasteiger partial charge in [-0.05, 0) is 48.8 Å². The molecule has 2 aliphatic heterocycles. The highest BCUT2D eigenvalue weighted by atomic mass is 32.2. The molecule has 0 aromatic heterocycles. The molecule has 2 heterocycles. The summed E-state index contributed by atoms with van der Waals surface area (Å²) < 4.78 is 19.0. The van der Waals surface area contributed by atoms with Gasteiger partial charge in [-0.1, -0.05) is 0 Å². The second-order valence-electron chi connectivity index (χ2n) is 4.92. The van der Waals surface area contributed by atoms with Crippen molar-refractivity contribution in [3.8, 4) is 0 Å². The lowest BCUT2D eigenvalue weighted by Gasteiger charge is -2.27. The van der Waals surface area contributed by atoms with E-state index < -0.39 is 0 Å². The lowest BCUT2D eigenvalue weighted by atomic mass is 10.0. The first-order valence-corrected chi connectivity index (χ1v) is 7.59. The van der Waals surface area contributed by atoms with E-state index in [4.69, 9.17) is 4.74 Å². The maximum atomic E-state index is 13.3. The van der Waals surface area contributed by atoms with Gasteiger partial charge in [0.15, 0.2) is 0 Å². The molecular formula is C14H18FNOS. The zero-order valence-electron chi connectivity index (χ0n) is 10.3. The molecule has 0 amide bonds. The Morgan fingerprint density at radius 2 is 2.33 bits per heavy atom. The van der Waals surface area contributed by atoms with E-state index in [0.717, 1.165) is 43.7 Å². The maximum absolute atomic E-state index is 13.3. The Balaban J connectivity index is 1.68. The number of ether oxygens (including phenoxy) is 1. The molecule has 0 bridgehead atoms. The van der Waals surface area contributed by atoms with Crippen LogP contribution in [0.2, 0.25) is 0 Å². The third-order valence-electron chi connectivity index (χ3n) is 3.63. The molecule has 1 aromatic carbocycles. The minimum absolute atomic E-state index is 0.139. The Kier molecular flexibility index (Phi) is 3.87. The number of rotatable bonds is 3. The van der Waals surface area contributed by atoms with Crippen molar-refractivity contribution in [2.75, 3.05) is 18.9 Å². The molecule has 98 valence electrons. The topological polar surface area (TPSA) is 21.3 Å². The van der Waals surface area contributed by atoms with E-state index in [0.29, 0.717) is 6.10 Å². The van der Waals surface area contributed by atoms with Crippen molar-refractivity contribution in [2.45, 2.75) is 36.3 Å². The van der Waals surface area contributed by atoms with Crippen LogP contribution in [0.25, 0.3) is 0 Å². The molecule has 2 atom stereocenters. The van der Waals surface area contributed by atoms with Crippen LogP contribution in [-0.4, -0.2) is 25.0 Å².